The van der Waals surface area contributed by atoms with Gasteiger partial charge in [0.05, 0.1) is 5.02 Å². The smallest absolute Gasteiger partial charge is 0.323 e. The lowest BCUT2D eigenvalue weighted by Gasteiger charge is -2.23. The normalized spacial score (nSPS) is 10.3. The fourth-order valence-corrected chi connectivity index (χ4v) is 2.11. The molecule has 104 valence electrons. The van der Waals surface area contributed by atoms with E-state index < -0.39 is 11.8 Å². The van der Waals surface area contributed by atoms with Crippen molar-refractivity contribution in [3.63, 3.8) is 0 Å². The van der Waals surface area contributed by atoms with Crippen molar-refractivity contribution in [1.82, 2.24) is 0 Å². The van der Waals surface area contributed by atoms with Gasteiger partial charge in [-0.25, -0.2) is 4.39 Å². The molecule has 0 aliphatic heterocycles. The molecule has 0 radical (unpaired) electrons. The van der Waals surface area contributed by atoms with Gasteiger partial charge in [0.2, 0.25) is 0 Å². The van der Waals surface area contributed by atoms with E-state index in [2.05, 4.69) is 0 Å². The lowest BCUT2D eigenvalue weighted by molar-refractivity contribution is -0.135. The number of halogens is 2. The molecule has 0 amide bonds. The van der Waals surface area contributed by atoms with Crippen molar-refractivity contribution in [1.29, 1.82) is 0 Å². The van der Waals surface area contributed by atoms with Crippen molar-refractivity contribution in [2.45, 2.75) is 6.54 Å². The molecule has 0 atom stereocenters. The molecule has 0 saturated heterocycles. The number of rotatable bonds is 5. The van der Waals surface area contributed by atoms with Crippen LogP contribution in [0.15, 0.2) is 48.5 Å². The van der Waals surface area contributed by atoms with Gasteiger partial charge in [-0.2, -0.15) is 0 Å². The van der Waals surface area contributed by atoms with E-state index in [1.807, 2.05) is 6.07 Å². The Morgan fingerprint density at radius 3 is 2.50 bits per heavy atom. The molecule has 2 aromatic rings. The van der Waals surface area contributed by atoms with E-state index in [0.717, 1.165) is 0 Å². The molecular formula is C15H13ClFNO2. The van der Waals surface area contributed by atoms with Gasteiger partial charge in [0.1, 0.15) is 12.4 Å². The summed E-state index contributed by atoms with van der Waals surface area (Å²) in [5, 5.41) is 9.02. The Bertz CT molecular complexity index is 604. The van der Waals surface area contributed by atoms with Crippen LogP contribution in [0.5, 0.6) is 0 Å². The zero-order chi connectivity index (χ0) is 14.5. The first kappa shape index (κ1) is 14.3. The molecule has 1 N–H and O–H groups in total. The van der Waals surface area contributed by atoms with Gasteiger partial charge in [-0.15, -0.1) is 0 Å². The molecule has 2 rings (SSSR count). The number of benzene rings is 2. The lowest BCUT2D eigenvalue weighted by Crippen LogP contribution is -2.29. The highest BCUT2D eigenvalue weighted by molar-refractivity contribution is 6.30. The van der Waals surface area contributed by atoms with Crippen molar-refractivity contribution in [3.8, 4) is 0 Å². The standard InChI is InChI=1S/C15H13ClFNO2/c16-13-8-4-5-11(15(13)17)9-18(10-14(19)20)12-6-2-1-3-7-12/h1-8H,9-10H2,(H,19,20). The van der Waals surface area contributed by atoms with Crippen LogP contribution in [0, 0.1) is 5.82 Å². The Morgan fingerprint density at radius 1 is 1.15 bits per heavy atom. The SMILES string of the molecule is O=C(O)CN(Cc1cccc(Cl)c1F)c1ccccc1. The van der Waals surface area contributed by atoms with Gasteiger partial charge in [-0.3, -0.25) is 4.79 Å². The summed E-state index contributed by atoms with van der Waals surface area (Å²) in [7, 11) is 0. The van der Waals surface area contributed by atoms with E-state index in [1.54, 1.807) is 41.3 Å². The topological polar surface area (TPSA) is 40.5 Å². The molecule has 0 fully saturated rings. The van der Waals surface area contributed by atoms with Gasteiger partial charge in [0, 0.05) is 17.8 Å². The molecule has 3 nitrogen and oxygen atoms in total. The van der Waals surface area contributed by atoms with E-state index >= 15 is 0 Å². The Balaban J connectivity index is 2.29. The maximum absolute atomic E-state index is 13.9. The summed E-state index contributed by atoms with van der Waals surface area (Å²) >= 11 is 5.74. The highest BCUT2D eigenvalue weighted by Crippen LogP contribution is 2.22. The maximum Gasteiger partial charge on any atom is 0.323 e. The lowest BCUT2D eigenvalue weighted by atomic mass is 10.2. The Labute approximate surface area is 121 Å². The van der Waals surface area contributed by atoms with Crippen LogP contribution in [-0.4, -0.2) is 17.6 Å². The Kier molecular flexibility index (Phi) is 4.58. The zero-order valence-corrected chi connectivity index (χ0v) is 11.3. The first-order chi connectivity index (χ1) is 9.58. The summed E-state index contributed by atoms with van der Waals surface area (Å²) in [6.45, 7) is -0.0708. The number of aliphatic carboxylic acids is 1. The second-order valence-corrected chi connectivity index (χ2v) is 4.71. The van der Waals surface area contributed by atoms with Crippen molar-refractivity contribution >= 4 is 23.3 Å². The largest absolute Gasteiger partial charge is 0.480 e. The van der Waals surface area contributed by atoms with E-state index in [-0.39, 0.29) is 18.1 Å². The van der Waals surface area contributed by atoms with Crippen molar-refractivity contribution in [2.75, 3.05) is 11.4 Å². The summed E-state index contributed by atoms with van der Waals surface area (Å²) < 4.78 is 13.9. The van der Waals surface area contributed by atoms with Gasteiger partial charge in [0.25, 0.3) is 0 Å². The van der Waals surface area contributed by atoms with E-state index in [1.165, 1.54) is 6.07 Å². The first-order valence-corrected chi connectivity index (χ1v) is 6.40. The minimum Gasteiger partial charge on any atom is -0.480 e. The van der Waals surface area contributed by atoms with Crippen LogP contribution in [0.2, 0.25) is 5.02 Å². The van der Waals surface area contributed by atoms with Gasteiger partial charge in [0.15, 0.2) is 0 Å². The summed E-state index contributed by atoms with van der Waals surface area (Å²) in [4.78, 5) is 12.5. The fraction of sp³-hybridized carbons (Fsp3) is 0.133. The van der Waals surface area contributed by atoms with E-state index in [0.29, 0.717) is 11.3 Å². The number of hydrogen-bond acceptors (Lipinski definition) is 2. The highest BCUT2D eigenvalue weighted by atomic mass is 35.5. The monoisotopic (exact) mass is 293 g/mol. The Morgan fingerprint density at radius 2 is 1.85 bits per heavy atom. The van der Waals surface area contributed by atoms with Crippen LogP contribution < -0.4 is 4.90 Å². The average Bonchev–Trinajstić information content (AvgIpc) is 2.43. The highest BCUT2D eigenvalue weighted by Gasteiger charge is 2.14. The average molecular weight is 294 g/mol. The molecule has 2 aromatic carbocycles. The molecule has 0 aliphatic rings. The molecule has 5 heteroatoms. The molecule has 20 heavy (non-hydrogen) atoms. The number of hydrogen-bond donors (Lipinski definition) is 1. The molecule has 0 bridgehead atoms. The third kappa shape index (κ3) is 3.48. The molecule has 0 aliphatic carbocycles. The quantitative estimate of drug-likeness (QED) is 0.916. The number of carbonyl (C=O) groups is 1. The van der Waals surface area contributed by atoms with E-state index in [9.17, 15) is 9.18 Å². The van der Waals surface area contributed by atoms with Crippen molar-refractivity contribution in [3.05, 3.63) is 64.9 Å². The van der Waals surface area contributed by atoms with Crippen LogP contribution in [0.4, 0.5) is 10.1 Å². The van der Waals surface area contributed by atoms with Crippen LogP contribution in [0.25, 0.3) is 0 Å². The second-order valence-electron chi connectivity index (χ2n) is 4.30. The molecule has 0 unspecified atom stereocenters. The number of anilines is 1. The second kappa shape index (κ2) is 6.39. The molecule has 0 saturated carbocycles. The van der Waals surface area contributed by atoms with Gasteiger partial charge in [-0.1, -0.05) is 41.9 Å². The molecular weight excluding hydrogens is 281 g/mol. The van der Waals surface area contributed by atoms with Crippen molar-refractivity contribution in [2.24, 2.45) is 0 Å². The fourth-order valence-electron chi connectivity index (χ4n) is 1.92. The van der Waals surface area contributed by atoms with E-state index in [4.69, 9.17) is 16.7 Å². The number of para-hydroxylation sites is 1. The molecule has 0 aromatic heterocycles. The van der Waals surface area contributed by atoms with Crippen molar-refractivity contribution < 1.29 is 14.3 Å². The first-order valence-electron chi connectivity index (χ1n) is 6.02. The van der Waals surface area contributed by atoms with Crippen LogP contribution in [0.1, 0.15) is 5.56 Å². The summed E-state index contributed by atoms with van der Waals surface area (Å²) in [6, 6.07) is 13.7. The van der Waals surface area contributed by atoms with Crippen LogP contribution in [0.3, 0.4) is 0 Å². The predicted molar refractivity (Wildman–Crippen MR) is 76.5 cm³/mol. The van der Waals surface area contributed by atoms with Gasteiger partial charge in [-0.05, 0) is 18.2 Å². The number of nitrogens with zero attached hydrogens (tertiary/aromatic N) is 1. The number of carboxylic acid groups (broad SMARTS) is 1. The van der Waals surface area contributed by atoms with Gasteiger partial charge >= 0.3 is 5.97 Å². The summed E-state index contributed by atoms with van der Waals surface area (Å²) in [5.74, 6) is -1.49. The summed E-state index contributed by atoms with van der Waals surface area (Å²) in [6.07, 6.45) is 0. The minimum absolute atomic E-state index is 0.0332. The summed E-state index contributed by atoms with van der Waals surface area (Å²) in [5.41, 5.74) is 1.08. The van der Waals surface area contributed by atoms with Gasteiger partial charge < -0.3 is 10.0 Å². The molecule has 0 spiro atoms. The zero-order valence-electron chi connectivity index (χ0n) is 10.6. The molecule has 0 heterocycles. The Hall–Kier alpha value is -2.07. The van der Waals surface area contributed by atoms with Crippen LogP contribution >= 0.6 is 11.6 Å². The number of carboxylic acids is 1. The van der Waals surface area contributed by atoms with Crippen LogP contribution in [-0.2, 0) is 11.3 Å². The predicted octanol–water partition coefficient (Wildman–Crippen LogP) is 3.57. The third-order valence-electron chi connectivity index (χ3n) is 2.84. The maximum atomic E-state index is 13.9. The minimum atomic E-state index is -0.976. The third-order valence-corrected chi connectivity index (χ3v) is 3.13.